The molecule has 0 aliphatic rings. The molecule has 134 valence electrons. The first kappa shape index (κ1) is 21.4. The zero-order valence-corrected chi connectivity index (χ0v) is 13.8. The van der Waals surface area contributed by atoms with Gasteiger partial charge < -0.3 is 20.1 Å². The molecule has 0 fully saturated rings. The highest BCUT2D eigenvalue weighted by Crippen LogP contribution is 2.18. The number of carbonyl (C=O) groups is 3. The summed E-state index contributed by atoms with van der Waals surface area (Å²) in [7, 11) is 0. The van der Waals surface area contributed by atoms with Crippen LogP contribution in [0.15, 0.2) is 0 Å². The molecule has 0 aliphatic heterocycles. The SMILES string of the molecule is CCCCCCCCCCOC(=O)C(O)(CC(=O)O)CC(=O)O. The number of rotatable bonds is 14. The average molecular weight is 332 g/mol. The minimum Gasteiger partial charge on any atom is -0.481 e. The lowest BCUT2D eigenvalue weighted by Crippen LogP contribution is -2.44. The summed E-state index contributed by atoms with van der Waals surface area (Å²) in [6, 6.07) is 0. The Morgan fingerprint density at radius 2 is 1.26 bits per heavy atom. The Bertz CT molecular complexity index is 363. The predicted octanol–water partition coefficient (Wildman–Crippen LogP) is 2.35. The summed E-state index contributed by atoms with van der Waals surface area (Å²) in [6.45, 7) is 2.21. The topological polar surface area (TPSA) is 121 Å². The van der Waals surface area contributed by atoms with E-state index in [1.165, 1.54) is 25.7 Å². The maximum atomic E-state index is 11.7. The summed E-state index contributed by atoms with van der Waals surface area (Å²) in [5.74, 6) is -4.11. The van der Waals surface area contributed by atoms with E-state index in [2.05, 4.69) is 6.92 Å². The van der Waals surface area contributed by atoms with Gasteiger partial charge in [0, 0.05) is 0 Å². The van der Waals surface area contributed by atoms with Crippen LogP contribution in [0.1, 0.15) is 71.1 Å². The average Bonchev–Trinajstić information content (AvgIpc) is 2.43. The van der Waals surface area contributed by atoms with E-state index in [1.54, 1.807) is 0 Å². The van der Waals surface area contributed by atoms with Crippen LogP contribution in [-0.4, -0.2) is 45.4 Å². The van der Waals surface area contributed by atoms with Gasteiger partial charge in [-0.3, -0.25) is 9.59 Å². The molecule has 0 aromatic carbocycles. The number of unbranched alkanes of at least 4 members (excludes halogenated alkanes) is 7. The van der Waals surface area contributed by atoms with Crippen molar-refractivity contribution in [3.05, 3.63) is 0 Å². The Morgan fingerprint density at radius 1 is 0.826 bits per heavy atom. The third-order valence-electron chi connectivity index (χ3n) is 3.50. The van der Waals surface area contributed by atoms with Crippen LogP contribution in [0, 0.1) is 0 Å². The monoisotopic (exact) mass is 332 g/mol. The smallest absolute Gasteiger partial charge is 0.339 e. The zero-order valence-electron chi connectivity index (χ0n) is 13.8. The van der Waals surface area contributed by atoms with Crippen LogP contribution in [0.4, 0.5) is 0 Å². The molecule has 0 heterocycles. The van der Waals surface area contributed by atoms with Crippen molar-refractivity contribution in [2.75, 3.05) is 6.61 Å². The molecule has 23 heavy (non-hydrogen) atoms. The standard InChI is InChI=1S/C16H28O7/c1-2-3-4-5-6-7-8-9-10-23-15(21)16(22,11-13(17)18)12-14(19)20/h22H,2-12H2,1H3,(H,17,18)(H,19,20). The van der Waals surface area contributed by atoms with Crippen molar-refractivity contribution >= 4 is 17.9 Å². The van der Waals surface area contributed by atoms with Crippen molar-refractivity contribution < 1.29 is 34.4 Å². The molecule has 3 N–H and O–H groups in total. The van der Waals surface area contributed by atoms with Gasteiger partial charge in [-0.15, -0.1) is 0 Å². The normalized spacial score (nSPS) is 11.2. The molecule has 0 saturated carbocycles. The van der Waals surface area contributed by atoms with Crippen LogP contribution in [0.3, 0.4) is 0 Å². The number of aliphatic carboxylic acids is 2. The summed E-state index contributed by atoms with van der Waals surface area (Å²) in [5.41, 5.74) is -2.52. The van der Waals surface area contributed by atoms with Crippen molar-refractivity contribution in [2.24, 2.45) is 0 Å². The van der Waals surface area contributed by atoms with E-state index in [0.29, 0.717) is 6.42 Å². The maximum Gasteiger partial charge on any atom is 0.339 e. The van der Waals surface area contributed by atoms with Gasteiger partial charge in [-0.2, -0.15) is 0 Å². The Balaban J connectivity index is 4.00. The van der Waals surface area contributed by atoms with Gasteiger partial charge in [0.2, 0.25) is 0 Å². The fourth-order valence-electron chi connectivity index (χ4n) is 2.24. The lowest BCUT2D eigenvalue weighted by Gasteiger charge is -2.22. The number of carboxylic acid groups (broad SMARTS) is 2. The highest BCUT2D eigenvalue weighted by molar-refractivity contribution is 5.89. The van der Waals surface area contributed by atoms with Gasteiger partial charge in [0.1, 0.15) is 0 Å². The Labute approximate surface area is 136 Å². The van der Waals surface area contributed by atoms with Crippen molar-refractivity contribution in [1.82, 2.24) is 0 Å². The number of hydrogen-bond donors (Lipinski definition) is 3. The molecule has 7 heteroatoms. The first-order valence-corrected chi connectivity index (χ1v) is 8.15. The highest BCUT2D eigenvalue weighted by Gasteiger charge is 2.42. The van der Waals surface area contributed by atoms with Gasteiger partial charge in [0.25, 0.3) is 0 Å². The molecule has 0 aromatic rings. The van der Waals surface area contributed by atoms with Gasteiger partial charge in [0.15, 0.2) is 5.60 Å². The Morgan fingerprint density at radius 3 is 1.70 bits per heavy atom. The van der Waals surface area contributed by atoms with Crippen LogP contribution >= 0.6 is 0 Å². The maximum absolute atomic E-state index is 11.7. The summed E-state index contributed by atoms with van der Waals surface area (Å²) in [6.07, 6.45) is 6.49. The predicted molar refractivity (Wildman–Crippen MR) is 83.0 cm³/mol. The fraction of sp³-hybridized carbons (Fsp3) is 0.812. The second kappa shape index (κ2) is 11.9. The van der Waals surface area contributed by atoms with Crippen LogP contribution in [-0.2, 0) is 19.1 Å². The first-order chi connectivity index (χ1) is 10.8. The third-order valence-corrected chi connectivity index (χ3v) is 3.50. The van der Waals surface area contributed by atoms with E-state index in [1.807, 2.05) is 0 Å². The molecule has 0 bridgehead atoms. The molecule has 7 nitrogen and oxygen atoms in total. The third kappa shape index (κ3) is 10.7. The van der Waals surface area contributed by atoms with E-state index in [4.69, 9.17) is 14.9 Å². The number of esters is 1. The molecule has 0 spiro atoms. The number of ether oxygens (including phenoxy) is 1. The molecule has 0 saturated heterocycles. The molecular weight excluding hydrogens is 304 g/mol. The Kier molecular flexibility index (Phi) is 11.0. The number of hydrogen-bond acceptors (Lipinski definition) is 5. The number of carboxylic acids is 2. The van der Waals surface area contributed by atoms with Gasteiger partial charge in [-0.1, -0.05) is 51.9 Å². The van der Waals surface area contributed by atoms with Crippen molar-refractivity contribution in [1.29, 1.82) is 0 Å². The minimum absolute atomic E-state index is 0.0509. The highest BCUT2D eigenvalue weighted by atomic mass is 16.5. The van der Waals surface area contributed by atoms with Crippen LogP contribution in [0.5, 0.6) is 0 Å². The van der Waals surface area contributed by atoms with Crippen LogP contribution < -0.4 is 0 Å². The van der Waals surface area contributed by atoms with Gasteiger partial charge in [0.05, 0.1) is 19.4 Å². The second-order valence-electron chi connectivity index (χ2n) is 5.78. The van der Waals surface area contributed by atoms with Gasteiger partial charge in [-0.25, -0.2) is 4.79 Å². The van der Waals surface area contributed by atoms with E-state index < -0.39 is 36.4 Å². The summed E-state index contributed by atoms with van der Waals surface area (Å²) < 4.78 is 4.84. The number of carbonyl (C=O) groups excluding carboxylic acids is 1. The molecule has 0 aliphatic carbocycles. The lowest BCUT2D eigenvalue weighted by molar-refractivity contribution is -0.175. The quantitative estimate of drug-likeness (QED) is 0.330. The molecule has 0 aromatic heterocycles. The van der Waals surface area contributed by atoms with Crippen LogP contribution in [0.2, 0.25) is 0 Å². The first-order valence-electron chi connectivity index (χ1n) is 8.15. The summed E-state index contributed by atoms with van der Waals surface area (Å²) >= 11 is 0. The summed E-state index contributed by atoms with van der Waals surface area (Å²) in [4.78, 5) is 33.1. The molecule has 0 rings (SSSR count). The molecule has 0 atom stereocenters. The van der Waals surface area contributed by atoms with Crippen molar-refractivity contribution in [3.63, 3.8) is 0 Å². The van der Waals surface area contributed by atoms with Crippen molar-refractivity contribution in [3.8, 4) is 0 Å². The fourth-order valence-corrected chi connectivity index (χ4v) is 2.24. The van der Waals surface area contributed by atoms with E-state index in [0.717, 1.165) is 19.3 Å². The summed E-state index contributed by atoms with van der Waals surface area (Å²) in [5, 5.41) is 27.3. The molecule has 0 unspecified atom stereocenters. The second-order valence-corrected chi connectivity index (χ2v) is 5.78. The van der Waals surface area contributed by atoms with E-state index in [-0.39, 0.29) is 6.61 Å². The zero-order chi connectivity index (χ0) is 17.7. The van der Waals surface area contributed by atoms with Crippen molar-refractivity contribution in [2.45, 2.75) is 76.7 Å². The van der Waals surface area contributed by atoms with E-state index >= 15 is 0 Å². The van der Waals surface area contributed by atoms with Gasteiger partial charge >= 0.3 is 17.9 Å². The molecule has 0 amide bonds. The Hall–Kier alpha value is -1.63. The molecule has 0 radical (unpaired) electrons. The number of aliphatic hydroxyl groups is 1. The van der Waals surface area contributed by atoms with E-state index in [9.17, 15) is 19.5 Å². The minimum atomic E-state index is -2.52. The van der Waals surface area contributed by atoms with Gasteiger partial charge in [-0.05, 0) is 6.42 Å². The molecular formula is C16H28O7. The van der Waals surface area contributed by atoms with Crippen LogP contribution in [0.25, 0.3) is 0 Å². The lowest BCUT2D eigenvalue weighted by atomic mass is 9.96. The largest absolute Gasteiger partial charge is 0.481 e.